The van der Waals surface area contributed by atoms with E-state index in [9.17, 15) is 0 Å². The maximum absolute atomic E-state index is 5.35. The number of nitrogens with zero attached hydrogens (tertiary/aromatic N) is 2. The normalized spacial score (nSPS) is 9.12. The second kappa shape index (κ2) is 5.83. The lowest BCUT2D eigenvalue weighted by Gasteiger charge is -2.05. The number of methoxy groups -OCH3 is 1. The van der Waals surface area contributed by atoms with E-state index in [2.05, 4.69) is 21.6 Å². The number of terminal acetylenes is 1. The Morgan fingerprint density at radius 3 is 2.65 bits per heavy atom. The summed E-state index contributed by atoms with van der Waals surface area (Å²) in [7, 11) is 3.10. The number of nitrogens with two attached hydrogens (primary N) is 1. The van der Waals surface area contributed by atoms with Gasteiger partial charge in [0.15, 0.2) is 0 Å². The van der Waals surface area contributed by atoms with Gasteiger partial charge in [-0.3, -0.25) is 0 Å². The maximum Gasteiger partial charge on any atom is 0.146 e. The first-order chi connectivity index (χ1) is 8.24. The minimum Gasteiger partial charge on any atom is -0.494 e. The molecule has 4 heteroatoms. The third kappa shape index (κ3) is 2.71. The van der Waals surface area contributed by atoms with Crippen molar-refractivity contribution in [2.45, 2.75) is 6.92 Å². The second-order valence-electron chi connectivity index (χ2n) is 3.18. The third-order valence-corrected chi connectivity index (χ3v) is 2.16. The SMILES string of the molecule is C#Cc1cc(OC)c2nc(C)ncc2c1.CN. The Labute approximate surface area is 101 Å². The van der Waals surface area contributed by atoms with Crippen LogP contribution in [0.3, 0.4) is 0 Å². The van der Waals surface area contributed by atoms with Crippen LogP contribution in [0, 0.1) is 19.3 Å². The van der Waals surface area contributed by atoms with Gasteiger partial charge in [-0.05, 0) is 26.1 Å². The molecule has 0 fully saturated rings. The van der Waals surface area contributed by atoms with Crippen LogP contribution < -0.4 is 10.5 Å². The van der Waals surface area contributed by atoms with Crippen LogP contribution in [-0.4, -0.2) is 24.1 Å². The maximum atomic E-state index is 5.35. The largest absolute Gasteiger partial charge is 0.494 e. The predicted octanol–water partition coefficient (Wildman–Crippen LogP) is 1.50. The molecule has 0 saturated carbocycles. The number of benzene rings is 1. The zero-order valence-electron chi connectivity index (χ0n) is 10.2. The summed E-state index contributed by atoms with van der Waals surface area (Å²) < 4.78 is 5.24. The van der Waals surface area contributed by atoms with Crippen molar-refractivity contribution in [1.29, 1.82) is 0 Å². The van der Waals surface area contributed by atoms with Crippen LogP contribution in [0.1, 0.15) is 11.4 Å². The van der Waals surface area contributed by atoms with Gasteiger partial charge < -0.3 is 10.5 Å². The second-order valence-corrected chi connectivity index (χ2v) is 3.18. The summed E-state index contributed by atoms with van der Waals surface area (Å²) in [6.07, 6.45) is 7.10. The van der Waals surface area contributed by atoms with E-state index in [0.717, 1.165) is 16.5 Å². The van der Waals surface area contributed by atoms with E-state index in [1.54, 1.807) is 19.4 Å². The van der Waals surface area contributed by atoms with Gasteiger partial charge >= 0.3 is 0 Å². The van der Waals surface area contributed by atoms with Crippen molar-refractivity contribution in [3.05, 3.63) is 29.7 Å². The molecule has 0 amide bonds. The molecule has 0 aliphatic carbocycles. The van der Waals surface area contributed by atoms with Gasteiger partial charge in [0.2, 0.25) is 0 Å². The van der Waals surface area contributed by atoms with Crippen molar-refractivity contribution < 1.29 is 4.74 Å². The lowest BCUT2D eigenvalue weighted by molar-refractivity contribution is 0.418. The van der Waals surface area contributed by atoms with Gasteiger partial charge in [-0.2, -0.15) is 0 Å². The number of rotatable bonds is 1. The van der Waals surface area contributed by atoms with Gasteiger partial charge in [0, 0.05) is 17.1 Å². The highest BCUT2D eigenvalue weighted by Crippen LogP contribution is 2.24. The molecule has 1 aromatic carbocycles. The summed E-state index contributed by atoms with van der Waals surface area (Å²) in [5.41, 5.74) is 6.07. The standard InChI is InChI=1S/C12H10N2O.CH5N/c1-4-9-5-10-7-13-8(2)14-12(10)11(6-9)15-3;1-2/h1,5-7H,2-3H3;2H2,1H3. The average molecular weight is 229 g/mol. The Morgan fingerprint density at radius 2 is 2.06 bits per heavy atom. The van der Waals surface area contributed by atoms with Gasteiger partial charge in [-0.1, -0.05) is 5.92 Å². The first-order valence-electron chi connectivity index (χ1n) is 5.10. The van der Waals surface area contributed by atoms with Gasteiger partial charge in [0.1, 0.15) is 17.1 Å². The monoisotopic (exact) mass is 229 g/mol. The molecule has 17 heavy (non-hydrogen) atoms. The van der Waals surface area contributed by atoms with Crippen molar-refractivity contribution in [2.24, 2.45) is 5.73 Å². The Bertz CT molecular complexity index is 558. The highest BCUT2D eigenvalue weighted by Gasteiger charge is 2.05. The first-order valence-corrected chi connectivity index (χ1v) is 5.10. The number of aromatic nitrogens is 2. The number of hydrogen-bond acceptors (Lipinski definition) is 4. The molecule has 88 valence electrons. The number of ether oxygens (including phenoxy) is 1. The quantitative estimate of drug-likeness (QED) is 0.753. The highest BCUT2D eigenvalue weighted by molar-refractivity contribution is 5.85. The third-order valence-electron chi connectivity index (χ3n) is 2.16. The van der Waals surface area contributed by atoms with Crippen molar-refractivity contribution in [2.75, 3.05) is 14.2 Å². The summed E-state index contributed by atoms with van der Waals surface area (Å²) in [6, 6.07) is 3.67. The van der Waals surface area contributed by atoms with Crippen LogP contribution in [0.25, 0.3) is 10.9 Å². The molecule has 1 heterocycles. The van der Waals surface area contributed by atoms with E-state index in [1.807, 2.05) is 13.0 Å². The summed E-state index contributed by atoms with van der Waals surface area (Å²) in [5, 5.41) is 0.896. The van der Waals surface area contributed by atoms with Crippen molar-refractivity contribution in [3.8, 4) is 18.1 Å². The Hall–Kier alpha value is -2.12. The Kier molecular flexibility index (Phi) is 4.44. The predicted molar refractivity (Wildman–Crippen MR) is 68.9 cm³/mol. The molecule has 2 N–H and O–H groups in total. The summed E-state index contributed by atoms with van der Waals surface area (Å²) in [5.74, 6) is 3.98. The minimum atomic E-state index is 0.686. The topological polar surface area (TPSA) is 61.0 Å². The van der Waals surface area contributed by atoms with E-state index >= 15 is 0 Å². The first kappa shape index (κ1) is 12.9. The summed E-state index contributed by atoms with van der Waals surface area (Å²) in [4.78, 5) is 8.44. The molecule has 0 unspecified atom stereocenters. The summed E-state index contributed by atoms with van der Waals surface area (Å²) in [6.45, 7) is 1.84. The minimum absolute atomic E-state index is 0.686. The molecule has 0 saturated heterocycles. The molecule has 0 bridgehead atoms. The van der Waals surface area contributed by atoms with Crippen LogP contribution in [0.4, 0.5) is 0 Å². The molecule has 0 aliphatic heterocycles. The highest BCUT2D eigenvalue weighted by atomic mass is 16.5. The summed E-state index contributed by atoms with van der Waals surface area (Å²) >= 11 is 0. The molecule has 2 aromatic rings. The molecule has 0 spiro atoms. The number of aryl methyl sites for hydroxylation is 1. The van der Waals surface area contributed by atoms with Gasteiger partial charge in [-0.15, -0.1) is 6.42 Å². The molecule has 0 aliphatic rings. The zero-order valence-corrected chi connectivity index (χ0v) is 10.2. The fraction of sp³-hybridized carbons (Fsp3) is 0.231. The van der Waals surface area contributed by atoms with Gasteiger partial charge in [0.25, 0.3) is 0 Å². The van der Waals surface area contributed by atoms with Crippen LogP contribution in [0.5, 0.6) is 5.75 Å². The Balaban J connectivity index is 0.000000686. The van der Waals surface area contributed by atoms with E-state index in [-0.39, 0.29) is 0 Å². The van der Waals surface area contributed by atoms with E-state index in [4.69, 9.17) is 11.2 Å². The average Bonchev–Trinajstić information content (AvgIpc) is 2.39. The zero-order chi connectivity index (χ0) is 12.8. The van der Waals surface area contributed by atoms with Crippen LogP contribution in [0.15, 0.2) is 18.3 Å². The van der Waals surface area contributed by atoms with Crippen molar-refractivity contribution in [1.82, 2.24) is 9.97 Å². The van der Waals surface area contributed by atoms with Crippen LogP contribution in [-0.2, 0) is 0 Å². The van der Waals surface area contributed by atoms with E-state index < -0.39 is 0 Å². The number of fused-ring (bicyclic) bond motifs is 1. The number of hydrogen-bond donors (Lipinski definition) is 1. The van der Waals surface area contributed by atoms with Crippen LogP contribution >= 0.6 is 0 Å². The van der Waals surface area contributed by atoms with Gasteiger partial charge in [-0.25, -0.2) is 9.97 Å². The molecular weight excluding hydrogens is 214 g/mol. The van der Waals surface area contributed by atoms with Gasteiger partial charge in [0.05, 0.1) is 7.11 Å². The molecule has 4 nitrogen and oxygen atoms in total. The molecule has 1 aromatic heterocycles. The lowest BCUT2D eigenvalue weighted by atomic mass is 10.1. The lowest BCUT2D eigenvalue weighted by Crippen LogP contribution is -1.93. The van der Waals surface area contributed by atoms with E-state index in [0.29, 0.717) is 11.6 Å². The van der Waals surface area contributed by atoms with E-state index in [1.165, 1.54) is 7.05 Å². The Morgan fingerprint density at radius 1 is 1.35 bits per heavy atom. The van der Waals surface area contributed by atoms with Crippen LogP contribution in [0.2, 0.25) is 0 Å². The fourth-order valence-electron chi connectivity index (χ4n) is 1.44. The fourth-order valence-corrected chi connectivity index (χ4v) is 1.44. The molecule has 0 atom stereocenters. The smallest absolute Gasteiger partial charge is 0.146 e. The van der Waals surface area contributed by atoms with Crippen molar-refractivity contribution in [3.63, 3.8) is 0 Å². The van der Waals surface area contributed by atoms with Crippen molar-refractivity contribution >= 4 is 10.9 Å². The molecule has 2 rings (SSSR count). The molecular formula is C13H15N3O. The molecule has 0 radical (unpaired) electrons.